The maximum Gasteiger partial charge on any atom is 0.306 e. The van der Waals surface area contributed by atoms with Gasteiger partial charge in [0.25, 0.3) is 5.56 Å². The van der Waals surface area contributed by atoms with E-state index in [1.54, 1.807) is 6.20 Å². The van der Waals surface area contributed by atoms with Crippen molar-refractivity contribution in [3.63, 3.8) is 0 Å². The molecule has 0 saturated heterocycles. The zero-order valence-corrected chi connectivity index (χ0v) is 13.8. The van der Waals surface area contributed by atoms with Gasteiger partial charge in [-0.25, -0.2) is 0 Å². The van der Waals surface area contributed by atoms with Gasteiger partial charge in [-0.2, -0.15) is 5.10 Å². The van der Waals surface area contributed by atoms with Gasteiger partial charge < -0.3 is 10.1 Å². The Balaban J connectivity index is 0.000000203. The standard InChI is InChI=1S/C13H13N3O.C5H8O2/c1-7(2)11-4-8-3-9-6-14-16-12(9)5-10(8)13(17)15-11;6-5(7)4-2-1-3-4/h3-7H,1-2H3,(H,14,16)(H,15,17);4H,1-3H2,(H,6,7). The van der Waals surface area contributed by atoms with Crippen molar-refractivity contribution in [3.8, 4) is 0 Å². The molecule has 3 aromatic rings. The molecular weight excluding hydrogens is 306 g/mol. The van der Waals surface area contributed by atoms with Crippen LogP contribution < -0.4 is 5.56 Å². The number of benzene rings is 1. The van der Waals surface area contributed by atoms with Gasteiger partial charge in [-0.1, -0.05) is 20.3 Å². The van der Waals surface area contributed by atoms with E-state index in [1.807, 2.05) is 18.2 Å². The summed E-state index contributed by atoms with van der Waals surface area (Å²) in [5.74, 6) is -0.307. The number of aromatic nitrogens is 3. The fourth-order valence-electron chi connectivity index (χ4n) is 2.69. The van der Waals surface area contributed by atoms with Crippen molar-refractivity contribution in [1.29, 1.82) is 0 Å². The molecule has 1 aliphatic carbocycles. The Kier molecular flexibility index (Phi) is 4.38. The quantitative estimate of drug-likeness (QED) is 0.671. The first-order chi connectivity index (χ1) is 11.5. The van der Waals surface area contributed by atoms with Crippen molar-refractivity contribution < 1.29 is 9.90 Å². The highest BCUT2D eigenvalue weighted by Gasteiger charge is 2.23. The minimum atomic E-state index is -0.619. The lowest BCUT2D eigenvalue weighted by Gasteiger charge is -2.19. The topological polar surface area (TPSA) is 98.8 Å². The largest absolute Gasteiger partial charge is 0.481 e. The smallest absolute Gasteiger partial charge is 0.306 e. The molecule has 1 aliphatic rings. The summed E-state index contributed by atoms with van der Waals surface area (Å²) in [5, 5.41) is 17.8. The van der Waals surface area contributed by atoms with E-state index in [-0.39, 0.29) is 11.5 Å². The molecule has 0 atom stereocenters. The van der Waals surface area contributed by atoms with Crippen LogP contribution in [0.1, 0.15) is 44.7 Å². The van der Waals surface area contributed by atoms with Crippen molar-refractivity contribution in [3.05, 3.63) is 40.4 Å². The molecule has 2 aromatic heterocycles. The number of carbonyl (C=O) groups is 1. The lowest BCUT2D eigenvalue weighted by atomic mass is 9.86. The van der Waals surface area contributed by atoms with Crippen molar-refractivity contribution in [2.75, 3.05) is 0 Å². The van der Waals surface area contributed by atoms with E-state index in [2.05, 4.69) is 29.0 Å². The third-order valence-electron chi connectivity index (χ3n) is 4.50. The second-order valence-corrected chi connectivity index (χ2v) is 6.57. The SMILES string of the molecule is CC(C)c1cc2cc3cn[nH]c3cc2c(=O)[nH]1.O=C(O)C1CCC1. The number of nitrogens with one attached hydrogen (secondary N) is 2. The van der Waals surface area contributed by atoms with Gasteiger partial charge in [-0.05, 0) is 42.3 Å². The van der Waals surface area contributed by atoms with E-state index in [4.69, 9.17) is 5.11 Å². The molecule has 6 nitrogen and oxygen atoms in total. The third kappa shape index (κ3) is 3.18. The van der Waals surface area contributed by atoms with Crippen molar-refractivity contribution in [1.82, 2.24) is 15.2 Å². The van der Waals surface area contributed by atoms with E-state index in [0.717, 1.165) is 41.2 Å². The molecule has 1 fully saturated rings. The molecular formula is C18H21N3O3. The zero-order valence-electron chi connectivity index (χ0n) is 13.8. The number of aromatic amines is 2. The van der Waals surface area contributed by atoms with Gasteiger partial charge in [0.2, 0.25) is 0 Å². The highest BCUT2D eigenvalue weighted by Crippen LogP contribution is 2.25. The van der Waals surface area contributed by atoms with Crippen LogP contribution in [0.4, 0.5) is 0 Å². The van der Waals surface area contributed by atoms with E-state index < -0.39 is 5.97 Å². The number of hydrogen-bond donors (Lipinski definition) is 3. The van der Waals surface area contributed by atoms with Crippen molar-refractivity contribution in [2.45, 2.75) is 39.0 Å². The molecule has 6 heteroatoms. The molecule has 24 heavy (non-hydrogen) atoms. The minimum Gasteiger partial charge on any atom is -0.481 e. The summed E-state index contributed by atoms with van der Waals surface area (Å²) in [6, 6.07) is 5.88. The normalized spacial score (nSPS) is 14.5. The van der Waals surface area contributed by atoms with Crippen LogP contribution in [0.5, 0.6) is 0 Å². The zero-order chi connectivity index (χ0) is 17.3. The summed E-state index contributed by atoms with van der Waals surface area (Å²) in [6.07, 6.45) is 4.67. The Morgan fingerprint density at radius 3 is 2.54 bits per heavy atom. The predicted molar refractivity (Wildman–Crippen MR) is 93.3 cm³/mol. The number of H-pyrrole nitrogens is 2. The van der Waals surface area contributed by atoms with Crippen LogP contribution >= 0.6 is 0 Å². The lowest BCUT2D eigenvalue weighted by molar-refractivity contribution is -0.144. The monoisotopic (exact) mass is 327 g/mol. The Labute approximate surface area is 138 Å². The van der Waals surface area contributed by atoms with Crippen LogP contribution in [0.2, 0.25) is 0 Å². The summed E-state index contributed by atoms with van der Waals surface area (Å²) in [4.78, 5) is 24.9. The maximum atomic E-state index is 12.0. The molecule has 0 spiro atoms. The van der Waals surface area contributed by atoms with E-state index >= 15 is 0 Å². The van der Waals surface area contributed by atoms with Gasteiger partial charge in [0.1, 0.15) is 0 Å². The van der Waals surface area contributed by atoms with Crippen LogP contribution in [0.15, 0.2) is 29.2 Å². The Bertz CT molecular complexity index is 935. The highest BCUT2D eigenvalue weighted by molar-refractivity contribution is 5.95. The lowest BCUT2D eigenvalue weighted by Crippen LogP contribution is -2.20. The number of rotatable bonds is 2. The number of aliphatic carboxylic acids is 1. The van der Waals surface area contributed by atoms with Gasteiger partial charge in [0.05, 0.1) is 17.6 Å². The van der Waals surface area contributed by atoms with Crippen LogP contribution in [0, 0.1) is 5.92 Å². The summed E-state index contributed by atoms with van der Waals surface area (Å²) in [7, 11) is 0. The Morgan fingerprint density at radius 2 is 2.00 bits per heavy atom. The van der Waals surface area contributed by atoms with Crippen LogP contribution in [0.25, 0.3) is 21.7 Å². The van der Waals surface area contributed by atoms with E-state index in [0.29, 0.717) is 11.3 Å². The first-order valence-electron chi connectivity index (χ1n) is 8.18. The Hall–Kier alpha value is -2.63. The number of hydrogen-bond acceptors (Lipinski definition) is 3. The number of carboxylic acid groups (broad SMARTS) is 1. The van der Waals surface area contributed by atoms with Crippen molar-refractivity contribution >= 4 is 27.6 Å². The van der Waals surface area contributed by atoms with Gasteiger partial charge >= 0.3 is 5.97 Å². The second kappa shape index (κ2) is 6.47. The van der Waals surface area contributed by atoms with E-state index in [9.17, 15) is 9.59 Å². The summed E-state index contributed by atoms with van der Waals surface area (Å²) in [6.45, 7) is 4.13. The second-order valence-electron chi connectivity index (χ2n) is 6.57. The van der Waals surface area contributed by atoms with Crippen LogP contribution in [0.3, 0.4) is 0 Å². The van der Waals surface area contributed by atoms with Gasteiger partial charge in [0, 0.05) is 16.5 Å². The number of nitrogens with zero attached hydrogens (tertiary/aromatic N) is 1. The average molecular weight is 327 g/mol. The number of fused-ring (bicyclic) bond motifs is 2. The predicted octanol–water partition coefficient (Wildman–Crippen LogP) is 3.40. The van der Waals surface area contributed by atoms with E-state index in [1.165, 1.54) is 0 Å². The molecule has 0 radical (unpaired) electrons. The molecule has 2 heterocycles. The van der Waals surface area contributed by atoms with Crippen LogP contribution in [-0.4, -0.2) is 26.3 Å². The number of carboxylic acids is 1. The van der Waals surface area contributed by atoms with Crippen LogP contribution in [-0.2, 0) is 4.79 Å². The molecule has 3 N–H and O–H groups in total. The molecule has 0 amide bonds. The van der Waals surface area contributed by atoms with Crippen molar-refractivity contribution in [2.24, 2.45) is 5.92 Å². The molecule has 126 valence electrons. The molecule has 0 aliphatic heterocycles. The minimum absolute atomic E-state index is 0.000000000000000444. The molecule has 0 bridgehead atoms. The molecule has 1 saturated carbocycles. The fraction of sp³-hybridized carbons (Fsp3) is 0.389. The maximum absolute atomic E-state index is 12.0. The number of pyridine rings is 1. The average Bonchev–Trinajstić information content (AvgIpc) is 2.90. The fourth-order valence-corrected chi connectivity index (χ4v) is 2.69. The molecule has 1 aromatic carbocycles. The molecule has 0 unspecified atom stereocenters. The van der Waals surface area contributed by atoms with Gasteiger partial charge in [-0.3, -0.25) is 14.7 Å². The molecule has 4 rings (SSSR count). The highest BCUT2D eigenvalue weighted by atomic mass is 16.4. The summed E-state index contributed by atoms with van der Waals surface area (Å²) in [5.41, 5.74) is 1.81. The summed E-state index contributed by atoms with van der Waals surface area (Å²) >= 11 is 0. The third-order valence-corrected chi connectivity index (χ3v) is 4.50. The van der Waals surface area contributed by atoms with Gasteiger partial charge in [0.15, 0.2) is 0 Å². The van der Waals surface area contributed by atoms with Gasteiger partial charge in [-0.15, -0.1) is 0 Å². The first kappa shape index (κ1) is 16.2. The first-order valence-corrected chi connectivity index (χ1v) is 8.18. The summed E-state index contributed by atoms with van der Waals surface area (Å²) < 4.78 is 0. The Morgan fingerprint density at radius 1 is 1.25 bits per heavy atom.